The van der Waals surface area contributed by atoms with Gasteiger partial charge in [0.25, 0.3) is 0 Å². The number of aromatic nitrogens is 1. The lowest BCUT2D eigenvalue weighted by molar-refractivity contribution is -0.145. The molecule has 0 bridgehead atoms. The summed E-state index contributed by atoms with van der Waals surface area (Å²) in [4.78, 5) is 67.4. The Bertz CT molecular complexity index is 1470. The van der Waals surface area contributed by atoms with Gasteiger partial charge in [-0.05, 0) is 48.6 Å². The molecule has 2 aromatic carbocycles. The molecule has 13 nitrogen and oxygen atoms in total. The first kappa shape index (κ1) is 30.1. The molecule has 0 aliphatic carbocycles. The van der Waals surface area contributed by atoms with Gasteiger partial charge in [0.2, 0.25) is 23.6 Å². The number of amides is 4. The highest BCUT2D eigenvalue weighted by molar-refractivity contribution is 5.95. The van der Waals surface area contributed by atoms with Crippen LogP contribution in [0.1, 0.15) is 30.4 Å². The molecule has 4 rings (SSSR count). The zero-order valence-electron chi connectivity index (χ0n) is 22.8. The molecular weight excluding hydrogens is 544 g/mol. The molecule has 13 heteroatoms. The fourth-order valence-corrected chi connectivity index (χ4v) is 5.15. The molecule has 222 valence electrons. The van der Waals surface area contributed by atoms with Crippen LogP contribution in [0.2, 0.25) is 0 Å². The topological polar surface area (TPSA) is 221 Å². The number of phenolic OH excluding ortho intramolecular Hbond substituents is 1. The van der Waals surface area contributed by atoms with E-state index in [1.807, 2.05) is 24.3 Å². The van der Waals surface area contributed by atoms with Gasteiger partial charge in [-0.15, -0.1) is 0 Å². The van der Waals surface area contributed by atoms with Crippen molar-refractivity contribution in [2.24, 2.45) is 11.5 Å². The van der Waals surface area contributed by atoms with Crippen LogP contribution in [0.4, 0.5) is 0 Å². The van der Waals surface area contributed by atoms with E-state index in [2.05, 4.69) is 15.6 Å². The van der Waals surface area contributed by atoms with Crippen LogP contribution in [0.3, 0.4) is 0 Å². The number of aromatic amines is 1. The second kappa shape index (κ2) is 13.2. The highest BCUT2D eigenvalue weighted by atomic mass is 16.4. The number of hydrogen-bond acceptors (Lipinski definition) is 7. The Morgan fingerprint density at radius 1 is 1.00 bits per heavy atom. The molecule has 4 amide bonds. The molecule has 3 aromatic rings. The van der Waals surface area contributed by atoms with Crippen LogP contribution >= 0.6 is 0 Å². The van der Waals surface area contributed by atoms with E-state index in [0.29, 0.717) is 12.0 Å². The van der Waals surface area contributed by atoms with Crippen LogP contribution in [-0.2, 0) is 36.8 Å². The van der Waals surface area contributed by atoms with Crippen LogP contribution in [0.15, 0.2) is 54.7 Å². The van der Waals surface area contributed by atoms with Crippen molar-refractivity contribution in [1.82, 2.24) is 20.5 Å². The molecule has 0 saturated carbocycles. The average molecular weight is 579 g/mol. The molecular formula is C29H34N6O7. The first-order valence-corrected chi connectivity index (χ1v) is 13.5. The van der Waals surface area contributed by atoms with Crippen molar-refractivity contribution < 1.29 is 34.2 Å². The predicted octanol–water partition coefficient (Wildman–Crippen LogP) is -0.0934. The number of nitrogens with one attached hydrogen (secondary N) is 3. The first-order chi connectivity index (χ1) is 20.0. The summed E-state index contributed by atoms with van der Waals surface area (Å²) in [5.74, 6) is -4.14. The number of phenols is 1. The monoisotopic (exact) mass is 578 g/mol. The molecule has 1 aliphatic heterocycles. The number of rotatable bonds is 12. The molecule has 4 unspecified atom stereocenters. The summed E-state index contributed by atoms with van der Waals surface area (Å²) in [6, 6.07) is 9.10. The number of benzene rings is 2. The molecule has 0 spiro atoms. The maximum atomic E-state index is 13.8. The third-order valence-electron chi connectivity index (χ3n) is 7.30. The molecule has 1 aliphatic rings. The lowest BCUT2D eigenvalue weighted by Gasteiger charge is -2.30. The highest BCUT2D eigenvalue weighted by Gasteiger charge is 2.39. The maximum absolute atomic E-state index is 13.8. The minimum absolute atomic E-state index is 0.0339. The fraction of sp³-hybridized carbons (Fsp3) is 0.345. The van der Waals surface area contributed by atoms with Crippen molar-refractivity contribution >= 4 is 40.5 Å². The largest absolute Gasteiger partial charge is 0.508 e. The number of carboxylic acid groups (broad SMARTS) is 1. The third-order valence-corrected chi connectivity index (χ3v) is 7.30. The van der Waals surface area contributed by atoms with Crippen molar-refractivity contribution in [3.05, 3.63) is 65.9 Å². The van der Waals surface area contributed by atoms with Gasteiger partial charge >= 0.3 is 5.97 Å². The Kier molecular flexibility index (Phi) is 9.42. The van der Waals surface area contributed by atoms with E-state index in [-0.39, 0.29) is 31.6 Å². The number of aromatic hydroxyl groups is 1. The van der Waals surface area contributed by atoms with E-state index >= 15 is 0 Å². The summed E-state index contributed by atoms with van der Waals surface area (Å²) < 4.78 is 0. The van der Waals surface area contributed by atoms with E-state index < -0.39 is 60.2 Å². The van der Waals surface area contributed by atoms with E-state index in [4.69, 9.17) is 11.5 Å². The second-order valence-corrected chi connectivity index (χ2v) is 10.4. The standard InChI is InChI=1S/C29H34N6O7/c30-20(13-17-15-32-21-5-2-1-4-19(17)21)26(38)33-22(12-16-7-9-18(36)10-8-16)28(40)35-11-3-6-24(35)27(39)34-23(29(41)42)14-25(31)37/h1-2,4-5,7-10,15,20,22-24,32,36H,3,6,11-14,30H2,(H2,31,37)(H,33,38)(H,34,39)(H,41,42). The molecule has 0 radical (unpaired) electrons. The summed E-state index contributed by atoms with van der Waals surface area (Å²) in [7, 11) is 0. The number of aliphatic carboxylic acids is 1. The summed E-state index contributed by atoms with van der Waals surface area (Å²) in [5.41, 5.74) is 13.8. The molecule has 1 aromatic heterocycles. The minimum atomic E-state index is -1.54. The van der Waals surface area contributed by atoms with Crippen LogP contribution < -0.4 is 22.1 Å². The van der Waals surface area contributed by atoms with E-state index in [1.54, 1.807) is 18.3 Å². The molecule has 42 heavy (non-hydrogen) atoms. The number of para-hydroxylation sites is 1. The number of fused-ring (bicyclic) bond motifs is 1. The van der Waals surface area contributed by atoms with Gasteiger partial charge in [0.1, 0.15) is 23.9 Å². The lowest BCUT2D eigenvalue weighted by Crippen LogP contribution is -2.57. The average Bonchev–Trinajstić information content (AvgIpc) is 3.60. The number of hydrogen-bond donors (Lipinski definition) is 7. The molecule has 4 atom stereocenters. The number of carboxylic acids is 1. The van der Waals surface area contributed by atoms with Gasteiger partial charge in [-0.25, -0.2) is 4.79 Å². The van der Waals surface area contributed by atoms with E-state index in [9.17, 15) is 34.2 Å². The fourth-order valence-electron chi connectivity index (χ4n) is 5.15. The lowest BCUT2D eigenvalue weighted by atomic mass is 10.0. The summed E-state index contributed by atoms with van der Waals surface area (Å²) in [6.07, 6.45) is 2.18. The normalized spacial score (nSPS) is 16.9. The summed E-state index contributed by atoms with van der Waals surface area (Å²) >= 11 is 0. The Balaban J connectivity index is 1.51. The number of H-pyrrole nitrogens is 1. The molecule has 2 heterocycles. The van der Waals surface area contributed by atoms with Crippen LogP contribution in [0, 0.1) is 0 Å². The first-order valence-electron chi connectivity index (χ1n) is 13.5. The van der Waals surface area contributed by atoms with Crippen LogP contribution in [0.5, 0.6) is 5.75 Å². The Hall–Kier alpha value is -4.91. The molecule has 1 fully saturated rings. The van der Waals surface area contributed by atoms with Gasteiger partial charge < -0.3 is 42.2 Å². The van der Waals surface area contributed by atoms with Gasteiger partial charge in [0, 0.05) is 30.1 Å². The number of carbonyl (C=O) groups is 5. The van der Waals surface area contributed by atoms with E-state index in [1.165, 1.54) is 17.0 Å². The predicted molar refractivity (Wildman–Crippen MR) is 152 cm³/mol. The minimum Gasteiger partial charge on any atom is -0.508 e. The molecule has 1 saturated heterocycles. The van der Waals surface area contributed by atoms with Gasteiger partial charge in [-0.3, -0.25) is 19.2 Å². The van der Waals surface area contributed by atoms with Crippen molar-refractivity contribution in [2.45, 2.75) is 56.3 Å². The number of nitrogens with two attached hydrogens (primary N) is 2. The van der Waals surface area contributed by atoms with Crippen molar-refractivity contribution in [2.75, 3.05) is 6.54 Å². The van der Waals surface area contributed by atoms with Crippen molar-refractivity contribution in [3.8, 4) is 5.75 Å². The quantitative estimate of drug-likeness (QED) is 0.153. The van der Waals surface area contributed by atoms with Crippen molar-refractivity contribution in [3.63, 3.8) is 0 Å². The number of nitrogens with zero attached hydrogens (tertiary/aromatic N) is 1. The summed E-state index contributed by atoms with van der Waals surface area (Å²) in [6.45, 7) is 0.202. The zero-order chi connectivity index (χ0) is 30.4. The number of likely N-dealkylation sites (tertiary alicyclic amines) is 1. The Labute approximate surface area is 241 Å². The molecule has 9 N–H and O–H groups in total. The number of primary amides is 1. The van der Waals surface area contributed by atoms with Crippen LogP contribution in [0.25, 0.3) is 10.9 Å². The van der Waals surface area contributed by atoms with Crippen LogP contribution in [-0.4, -0.2) is 80.4 Å². The highest BCUT2D eigenvalue weighted by Crippen LogP contribution is 2.22. The van der Waals surface area contributed by atoms with Crippen molar-refractivity contribution in [1.29, 1.82) is 0 Å². The maximum Gasteiger partial charge on any atom is 0.326 e. The SMILES string of the molecule is NC(=O)CC(NC(=O)C1CCCN1C(=O)C(Cc1ccc(O)cc1)NC(=O)C(N)Cc1c[nH]c2ccccc12)C(=O)O. The summed E-state index contributed by atoms with van der Waals surface area (Å²) in [5, 5.41) is 25.0. The van der Waals surface area contributed by atoms with Gasteiger partial charge in [0.15, 0.2) is 0 Å². The third kappa shape index (κ3) is 7.23. The zero-order valence-corrected chi connectivity index (χ0v) is 22.8. The number of carbonyl (C=O) groups excluding carboxylic acids is 4. The smallest absolute Gasteiger partial charge is 0.326 e. The Morgan fingerprint density at radius 2 is 1.71 bits per heavy atom. The van der Waals surface area contributed by atoms with Gasteiger partial charge in [-0.1, -0.05) is 30.3 Å². The van der Waals surface area contributed by atoms with Gasteiger partial charge in [0.05, 0.1) is 12.5 Å². The second-order valence-electron chi connectivity index (χ2n) is 10.4. The Morgan fingerprint density at radius 3 is 2.40 bits per heavy atom. The van der Waals surface area contributed by atoms with E-state index in [0.717, 1.165) is 16.5 Å². The van der Waals surface area contributed by atoms with Gasteiger partial charge in [-0.2, -0.15) is 0 Å².